The second-order valence-electron chi connectivity index (χ2n) is 6.83. The van der Waals surface area contributed by atoms with Crippen molar-refractivity contribution in [3.8, 4) is 17.4 Å². The zero-order chi connectivity index (χ0) is 20.6. The topological polar surface area (TPSA) is 85.8 Å². The van der Waals surface area contributed by atoms with Crippen LogP contribution in [0.4, 0.5) is 5.82 Å². The largest absolute Gasteiger partial charge is 0.493 e. The molecule has 0 aliphatic carbocycles. The number of rotatable bonds is 8. The molecule has 1 aromatic heterocycles. The van der Waals surface area contributed by atoms with Crippen molar-refractivity contribution in [1.29, 1.82) is 0 Å². The standard InChI is InChI=1S/C21H28N4O4/c1-15-23-19(25-10-5-4-6-11-25)14-20(24-15)29-12-9-22-21(26)16-7-8-17(27-2)18(13-16)28-3/h7-8,13-14H,4-6,9-12H2,1-3H3,(H,22,26). The number of ether oxygens (including phenoxy) is 3. The molecule has 29 heavy (non-hydrogen) atoms. The molecule has 8 nitrogen and oxygen atoms in total. The third-order valence-corrected chi connectivity index (χ3v) is 4.76. The van der Waals surface area contributed by atoms with Crippen LogP contribution in [-0.4, -0.2) is 56.3 Å². The molecule has 0 spiro atoms. The number of anilines is 1. The maximum absolute atomic E-state index is 12.3. The molecule has 1 N–H and O–H groups in total. The molecule has 0 unspecified atom stereocenters. The van der Waals surface area contributed by atoms with Gasteiger partial charge in [0.15, 0.2) is 11.5 Å². The number of carbonyl (C=O) groups excluding carboxylic acids is 1. The van der Waals surface area contributed by atoms with Crippen LogP contribution in [0, 0.1) is 6.92 Å². The quantitative estimate of drug-likeness (QED) is 0.682. The summed E-state index contributed by atoms with van der Waals surface area (Å²) in [4.78, 5) is 23.5. The SMILES string of the molecule is COc1ccc(C(=O)NCCOc2cc(N3CCCCC3)nc(C)n2)cc1OC. The number of hydrogen-bond acceptors (Lipinski definition) is 7. The highest BCUT2D eigenvalue weighted by atomic mass is 16.5. The normalized spacial score (nSPS) is 13.7. The van der Waals surface area contributed by atoms with Crippen LogP contribution in [0.5, 0.6) is 17.4 Å². The van der Waals surface area contributed by atoms with Crippen molar-refractivity contribution >= 4 is 11.7 Å². The van der Waals surface area contributed by atoms with Gasteiger partial charge in [-0.05, 0) is 44.4 Å². The molecule has 1 aliphatic rings. The molecule has 1 fully saturated rings. The van der Waals surface area contributed by atoms with Crippen LogP contribution in [0.3, 0.4) is 0 Å². The second kappa shape index (κ2) is 9.95. The minimum absolute atomic E-state index is 0.206. The van der Waals surface area contributed by atoms with Gasteiger partial charge >= 0.3 is 0 Å². The summed E-state index contributed by atoms with van der Waals surface area (Å²) in [5, 5.41) is 2.84. The van der Waals surface area contributed by atoms with Gasteiger partial charge < -0.3 is 24.4 Å². The van der Waals surface area contributed by atoms with Crippen LogP contribution in [0.1, 0.15) is 35.4 Å². The van der Waals surface area contributed by atoms with E-state index in [9.17, 15) is 4.79 Å². The Balaban J connectivity index is 1.52. The molecule has 1 amide bonds. The lowest BCUT2D eigenvalue weighted by Gasteiger charge is -2.28. The summed E-state index contributed by atoms with van der Waals surface area (Å²) in [7, 11) is 3.09. The molecule has 3 rings (SSSR count). The summed E-state index contributed by atoms with van der Waals surface area (Å²) in [5.41, 5.74) is 0.493. The Hall–Kier alpha value is -3.03. The average Bonchev–Trinajstić information content (AvgIpc) is 2.76. The first kappa shape index (κ1) is 20.7. The van der Waals surface area contributed by atoms with Crippen molar-refractivity contribution in [2.75, 3.05) is 45.4 Å². The summed E-state index contributed by atoms with van der Waals surface area (Å²) < 4.78 is 16.2. The summed E-state index contributed by atoms with van der Waals surface area (Å²) in [6.07, 6.45) is 3.63. The van der Waals surface area contributed by atoms with Gasteiger partial charge in [-0.15, -0.1) is 0 Å². The summed E-state index contributed by atoms with van der Waals surface area (Å²) in [5.74, 6) is 2.99. The van der Waals surface area contributed by atoms with Crippen LogP contribution in [-0.2, 0) is 0 Å². The average molecular weight is 400 g/mol. The van der Waals surface area contributed by atoms with E-state index in [1.807, 2.05) is 13.0 Å². The third-order valence-electron chi connectivity index (χ3n) is 4.76. The molecule has 1 saturated heterocycles. The number of aryl methyl sites for hydroxylation is 1. The van der Waals surface area contributed by atoms with E-state index >= 15 is 0 Å². The first-order valence-electron chi connectivity index (χ1n) is 9.84. The lowest BCUT2D eigenvalue weighted by atomic mass is 10.1. The van der Waals surface area contributed by atoms with Crippen molar-refractivity contribution in [3.05, 3.63) is 35.7 Å². The number of nitrogens with one attached hydrogen (secondary N) is 1. The van der Waals surface area contributed by atoms with E-state index in [0.717, 1.165) is 18.9 Å². The lowest BCUT2D eigenvalue weighted by molar-refractivity contribution is 0.0946. The van der Waals surface area contributed by atoms with Crippen molar-refractivity contribution in [2.45, 2.75) is 26.2 Å². The minimum atomic E-state index is -0.206. The second-order valence-corrected chi connectivity index (χ2v) is 6.83. The van der Waals surface area contributed by atoms with Crippen molar-refractivity contribution < 1.29 is 19.0 Å². The van der Waals surface area contributed by atoms with Crippen LogP contribution in [0.25, 0.3) is 0 Å². The van der Waals surface area contributed by atoms with E-state index in [2.05, 4.69) is 20.2 Å². The summed E-state index contributed by atoms with van der Waals surface area (Å²) in [6.45, 7) is 4.55. The number of amides is 1. The number of piperidine rings is 1. The highest BCUT2D eigenvalue weighted by molar-refractivity contribution is 5.94. The monoisotopic (exact) mass is 400 g/mol. The van der Waals surface area contributed by atoms with Crippen molar-refractivity contribution in [1.82, 2.24) is 15.3 Å². The van der Waals surface area contributed by atoms with Crippen molar-refractivity contribution in [2.24, 2.45) is 0 Å². The van der Waals surface area contributed by atoms with E-state index in [0.29, 0.717) is 41.9 Å². The number of nitrogens with zero attached hydrogens (tertiary/aromatic N) is 3. The number of methoxy groups -OCH3 is 2. The first-order chi connectivity index (χ1) is 14.1. The van der Waals surface area contributed by atoms with Crippen LogP contribution in [0.15, 0.2) is 24.3 Å². The number of carbonyl (C=O) groups is 1. The Kier molecular flexibility index (Phi) is 7.10. The Bertz CT molecular complexity index is 837. The minimum Gasteiger partial charge on any atom is -0.493 e. The molecule has 156 valence electrons. The maximum Gasteiger partial charge on any atom is 0.251 e. The van der Waals surface area contributed by atoms with E-state index in [1.165, 1.54) is 26.4 Å². The van der Waals surface area contributed by atoms with Gasteiger partial charge in [-0.1, -0.05) is 0 Å². The van der Waals surface area contributed by atoms with E-state index < -0.39 is 0 Å². The molecule has 1 aromatic carbocycles. The van der Waals surface area contributed by atoms with E-state index in [-0.39, 0.29) is 5.91 Å². The van der Waals surface area contributed by atoms with Gasteiger partial charge in [0.25, 0.3) is 5.91 Å². The molecule has 1 aliphatic heterocycles. The Morgan fingerprint density at radius 2 is 1.83 bits per heavy atom. The van der Waals surface area contributed by atoms with Gasteiger partial charge in [0.05, 0.1) is 20.8 Å². The molecule has 2 aromatic rings. The maximum atomic E-state index is 12.3. The van der Waals surface area contributed by atoms with Gasteiger partial charge in [-0.3, -0.25) is 4.79 Å². The predicted octanol–water partition coefficient (Wildman–Crippen LogP) is 2.60. The molecular weight excluding hydrogens is 372 g/mol. The van der Waals surface area contributed by atoms with E-state index in [1.54, 1.807) is 25.3 Å². The summed E-state index contributed by atoms with van der Waals surface area (Å²) >= 11 is 0. The number of aromatic nitrogens is 2. The van der Waals surface area contributed by atoms with Gasteiger partial charge in [0.1, 0.15) is 18.2 Å². The third kappa shape index (κ3) is 5.49. The molecule has 0 saturated carbocycles. The van der Waals surface area contributed by atoms with Gasteiger partial charge in [-0.25, -0.2) is 4.98 Å². The Morgan fingerprint density at radius 3 is 2.55 bits per heavy atom. The molecule has 0 atom stereocenters. The smallest absolute Gasteiger partial charge is 0.251 e. The van der Waals surface area contributed by atoms with Gasteiger partial charge in [0, 0.05) is 24.7 Å². The fourth-order valence-corrected chi connectivity index (χ4v) is 3.28. The fourth-order valence-electron chi connectivity index (χ4n) is 3.28. The molecule has 2 heterocycles. The molecule has 0 radical (unpaired) electrons. The zero-order valence-corrected chi connectivity index (χ0v) is 17.2. The van der Waals surface area contributed by atoms with Crippen LogP contribution in [0.2, 0.25) is 0 Å². The van der Waals surface area contributed by atoms with Crippen LogP contribution >= 0.6 is 0 Å². The molecular formula is C21H28N4O4. The van der Waals surface area contributed by atoms with Crippen molar-refractivity contribution in [3.63, 3.8) is 0 Å². The Labute approximate surface area is 171 Å². The predicted molar refractivity (Wildman–Crippen MR) is 110 cm³/mol. The van der Waals surface area contributed by atoms with Gasteiger partial charge in [-0.2, -0.15) is 4.98 Å². The number of benzene rings is 1. The highest BCUT2D eigenvalue weighted by Gasteiger charge is 2.14. The fraction of sp³-hybridized carbons (Fsp3) is 0.476. The zero-order valence-electron chi connectivity index (χ0n) is 17.2. The summed E-state index contributed by atoms with van der Waals surface area (Å²) in [6, 6.07) is 6.91. The molecule has 8 heteroatoms. The van der Waals surface area contributed by atoms with E-state index in [4.69, 9.17) is 14.2 Å². The van der Waals surface area contributed by atoms with Crippen LogP contribution < -0.4 is 24.4 Å². The number of hydrogen-bond donors (Lipinski definition) is 1. The Morgan fingerprint density at radius 1 is 1.07 bits per heavy atom. The highest BCUT2D eigenvalue weighted by Crippen LogP contribution is 2.27. The van der Waals surface area contributed by atoms with Gasteiger partial charge in [0.2, 0.25) is 5.88 Å². The lowest BCUT2D eigenvalue weighted by Crippen LogP contribution is -2.30. The molecule has 0 bridgehead atoms. The first-order valence-corrected chi connectivity index (χ1v) is 9.84.